The van der Waals surface area contributed by atoms with E-state index in [4.69, 9.17) is 21.8 Å². The minimum Gasteiger partial charge on any atom is -0.481 e. The lowest BCUT2D eigenvalue weighted by atomic mass is 10.1. The highest BCUT2D eigenvalue weighted by Crippen LogP contribution is 2.33. The molecule has 0 saturated carbocycles. The molecule has 180 valence electrons. The second-order valence-corrected chi connectivity index (χ2v) is 8.59. The number of rotatable bonds is 8. The van der Waals surface area contributed by atoms with Crippen LogP contribution in [0.3, 0.4) is 0 Å². The molecule has 0 aliphatic carbocycles. The third kappa shape index (κ3) is 6.62. The summed E-state index contributed by atoms with van der Waals surface area (Å²) in [6, 6.07) is 7.63. The normalized spacial score (nSPS) is 11.3. The summed E-state index contributed by atoms with van der Waals surface area (Å²) in [6.45, 7) is 3.54. The van der Waals surface area contributed by atoms with Crippen LogP contribution in [0.4, 0.5) is 17.1 Å². The van der Waals surface area contributed by atoms with Crippen molar-refractivity contribution in [3.8, 4) is 0 Å². The Balaban J connectivity index is 0.000000246. The second-order valence-electron chi connectivity index (χ2n) is 7.02. The van der Waals surface area contributed by atoms with E-state index in [1.54, 1.807) is 6.92 Å². The first-order chi connectivity index (χ1) is 15.9. The predicted molar refractivity (Wildman–Crippen MR) is 128 cm³/mol. The molecular formula is C21H20ClN3O8S. The number of nitrogens with one attached hydrogen (secondary N) is 1. The van der Waals surface area contributed by atoms with Crippen LogP contribution in [0.5, 0.6) is 0 Å². The van der Waals surface area contributed by atoms with Gasteiger partial charge in [0.15, 0.2) is 0 Å². The van der Waals surface area contributed by atoms with Crippen molar-refractivity contribution < 1.29 is 29.6 Å². The maximum atomic E-state index is 10.9. The molecule has 3 aromatic rings. The number of hydrogen-bond donors (Lipinski definition) is 3. The van der Waals surface area contributed by atoms with Crippen LogP contribution in [0, 0.1) is 27.2 Å². The number of aryl methyl sites for hydroxylation is 1. The van der Waals surface area contributed by atoms with Crippen LogP contribution in [0.15, 0.2) is 36.4 Å². The van der Waals surface area contributed by atoms with Gasteiger partial charge in [0.25, 0.3) is 11.4 Å². The Hall–Kier alpha value is -3.77. The monoisotopic (exact) mass is 509 g/mol. The number of nitrogens with zero attached hydrogens (tertiary/aromatic N) is 2. The highest BCUT2D eigenvalue weighted by Gasteiger charge is 2.23. The molecular weight excluding hydrogens is 490 g/mol. The summed E-state index contributed by atoms with van der Waals surface area (Å²) < 4.78 is 1.09. The van der Waals surface area contributed by atoms with Crippen molar-refractivity contribution in [3.05, 3.63) is 72.1 Å². The van der Waals surface area contributed by atoms with E-state index in [1.165, 1.54) is 11.3 Å². The smallest absolute Gasteiger partial charge is 0.326 e. The molecule has 11 nitrogen and oxygen atoms in total. The first kappa shape index (κ1) is 26.5. The predicted octanol–water partition coefficient (Wildman–Crippen LogP) is 5.27. The number of carboxylic acids is 2. The van der Waals surface area contributed by atoms with Crippen molar-refractivity contribution in [3.63, 3.8) is 0 Å². The lowest BCUT2D eigenvalue weighted by Gasteiger charge is -2.13. The number of carboxylic acid groups (broad SMARTS) is 2. The average Bonchev–Trinajstić information content (AvgIpc) is 3.06. The van der Waals surface area contributed by atoms with Gasteiger partial charge in [0.05, 0.1) is 22.3 Å². The van der Waals surface area contributed by atoms with Crippen LogP contribution < -0.4 is 5.32 Å². The molecule has 0 radical (unpaired) electrons. The summed E-state index contributed by atoms with van der Waals surface area (Å²) in [6.07, 6.45) is 0.298. The Morgan fingerprint density at radius 2 is 1.79 bits per heavy atom. The molecule has 0 fully saturated rings. The lowest BCUT2D eigenvalue weighted by molar-refractivity contribution is -0.393. The highest BCUT2D eigenvalue weighted by molar-refractivity contribution is 7.19. The number of thiophene rings is 1. The number of fused-ring (bicyclic) bond motifs is 1. The minimum absolute atomic E-state index is 0.0650. The summed E-state index contributed by atoms with van der Waals surface area (Å²) in [5.41, 5.74) is -0.000673. The number of benzene rings is 2. The molecule has 1 unspecified atom stereocenters. The molecule has 0 aliphatic heterocycles. The third-order valence-corrected chi connectivity index (χ3v) is 6.24. The molecule has 34 heavy (non-hydrogen) atoms. The highest BCUT2D eigenvalue weighted by atomic mass is 35.5. The number of anilines is 1. The van der Waals surface area contributed by atoms with Crippen molar-refractivity contribution >= 4 is 62.0 Å². The fraction of sp³-hybridized carbons (Fsp3) is 0.238. The maximum absolute atomic E-state index is 10.9. The number of halogens is 1. The average molecular weight is 510 g/mol. The van der Waals surface area contributed by atoms with Gasteiger partial charge in [0.1, 0.15) is 11.7 Å². The Labute approximate surface area is 201 Å². The molecule has 0 bridgehead atoms. The number of nitro benzene ring substituents is 2. The fourth-order valence-electron chi connectivity index (χ4n) is 2.98. The van der Waals surface area contributed by atoms with Gasteiger partial charge < -0.3 is 15.5 Å². The number of hydrogen-bond acceptors (Lipinski definition) is 8. The Morgan fingerprint density at radius 1 is 1.12 bits per heavy atom. The van der Waals surface area contributed by atoms with Gasteiger partial charge in [-0.25, -0.2) is 4.79 Å². The standard InChI is InChI=1S/C11H9ClO2S.C10H11N3O6/c1-6-8-4-7(12)2-3-9(8)15-10(6)5-11(13)14;1-2-7(10(14)15)11-8-4-3-6(12(16)17)5-9(8)13(18)19/h2-4H,5H2,1H3,(H,13,14);3-5,7,11H,2H2,1H3,(H,14,15). The van der Waals surface area contributed by atoms with Crippen LogP contribution in [-0.4, -0.2) is 38.0 Å². The zero-order valence-corrected chi connectivity index (χ0v) is 19.6. The van der Waals surface area contributed by atoms with Crippen LogP contribution in [0.2, 0.25) is 5.02 Å². The van der Waals surface area contributed by atoms with Gasteiger partial charge in [-0.05, 0) is 48.6 Å². The lowest BCUT2D eigenvalue weighted by Crippen LogP contribution is -2.28. The van der Waals surface area contributed by atoms with Gasteiger partial charge in [-0.15, -0.1) is 11.3 Å². The molecule has 0 spiro atoms. The molecule has 0 amide bonds. The van der Waals surface area contributed by atoms with Crippen molar-refractivity contribution in [2.75, 3.05) is 5.32 Å². The molecule has 2 aromatic carbocycles. The molecule has 1 atom stereocenters. The molecule has 0 saturated heterocycles. The summed E-state index contributed by atoms with van der Waals surface area (Å²) in [5, 5.41) is 43.2. The van der Waals surface area contributed by atoms with E-state index >= 15 is 0 Å². The van der Waals surface area contributed by atoms with Gasteiger partial charge in [-0.1, -0.05) is 18.5 Å². The zero-order valence-electron chi connectivity index (χ0n) is 18.0. The van der Waals surface area contributed by atoms with E-state index < -0.39 is 39.2 Å². The zero-order chi connectivity index (χ0) is 25.6. The van der Waals surface area contributed by atoms with Gasteiger partial charge >= 0.3 is 11.9 Å². The van der Waals surface area contributed by atoms with Crippen molar-refractivity contribution in [2.45, 2.75) is 32.7 Å². The third-order valence-electron chi connectivity index (χ3n) is 4.73. The van der Waals surface area contributed by atoms with E-state index in [0.717, 1.165) is 38.7 Å². The molecule has 13 heteroatoms. The van der Waals surface area contributed by atoms with Gasteiger partial charge in [0.2, 0.25) is 0 Å². The summed E-state index contributed by atoms with van der Waals surface area (Å²) in [4.78, 5) is 42.2. The van der Waals surface area contributed by atoms with Gasteiger partial charge in [-0.3, -0.25) is 25.0 Å². The van der Waals surface area contributed by atoms with Crippen LogP contribution in [-0.2, 0) is 16.0 Å². The SMILES string of the molecule is CCC(Nc1ccc([N+](=O)[O-])cc1[N+](=O)[O-])C(=O)O.Cc1c(CC(=O)O)sc2ccc(Cl)cc12. The summed E-state index contributed by atoms with van der Waals surface area (Å²) in [5.74, 6) is -1.95. The van der Waals surface area contributed by atoms with E-state index in [2.05, 4.69) is 5.32 Å². The van der Waals surface area contributed by atoms with E-state index in [0.29, 0.717) is 5.02 Å². The maximum Gasteiger partial charge on any atom is 0.326 e. The molecule has 0 aliphatic rings. The quantitative estimate of drug-likeness (QED) is 0.270. The van der Waals surface area contributed by atoms with Crippen molar-refractivity contribution in [1.29, 1.82) is 0 Å². The molecule has 3 rings (SSSR count). The molecule has 1 aromatic heterocycles. The molecule has 3 N–H and O–H groups in total. The van der Waals surface area contributed by atoms with E-state index in [1.807, 2.05) is 25.1 Å². The Bertz CT molecular complexity index is 1260. The van der Waals surface area contributed by atoms with Crippen LogP contribution >= 0.6 is 22.9 Å². The summed E-state index contributed by atoms with van der Waals surface area (Å²) >= 11 is 7.42. The topological polar surface area (TPSA) is 173 Å². The summed E-state index contributed by atoms with van der Waals surface area (Å²) in [7, 11) is 0. The number of aliphatic carboxylic acids is 2. The van der Waals surface area contributed by atoms with Gasteiger partial charge in [0, 0.05) is 20.7 Å². The van der Waals surface area contributed by atoms with Crippen molar-refractivity contribution in [1.82, 2.24) is 0 Å². The number of nitro groups is 2. The Morgan fingerprint density at radius 3 is 2.32 bits per heavy atom. The number of non-ortho nitro benzene ring substituents is 1. The fourth-order valence-corrected chi connectivity index (χ4v) is 4.34. The Kier molecular flexibility index (Phi) is 8.87. The second kappa shape index (κ2) is 11.4. The van der Waals surface area contributed by atoms with Crippen LogP contribution in [0.25, 0.3) is 10.1 Å². The largest absolute Gasteiger partial charge is 0.481 e. The minimum atomic E-state index is -1.16. The first-order valence-electron chi connectivity index (χ1n) is 9.76. The number of carbonyl (C=O) groups is 2. The molecule has 1 heterocycles. The van der Waals surface area contributed by atoms with E-state index in [-0.39, 0.29) is 18.5 Å². The van der Waals surface area contributed by atoms with Crippen LogP contribution in [0.1, 0.15) is 23.8 Å². The van der Waals surface area contributed by atoms with Gasteiger partial charge in [-0.2, -0.15) is 0 Å². The van der Waals surface area contributed by atoms with Crippen molar-refractivity contribution in [2.24, 2.45) is 0 Å². The first-order valence-corrected chi connectivity index (χ1v) is 11.0. The van der Waals surface area contributed by atoms with E-state index in [9.17, 15) is 29.8 Å².